The summed E-state index contributed by atoms with van der Waals surface area (Å²) in [6, 6.07) is 8.17. The van der Waals surface area contributed by atoms with Crippen molar-refractivity contribution in [3.63, 3.8) is 0 Å². The van der Waals surface area contributed by atoms with Gasteiger partial charge in [0.05, 0.1) is 28.1 Å². The molecule has 1 aromatic heterocycles. The number of fused-ring (bicyclic) bond motifs is 1. The second-order valence-electron chi connectivity index (χ2n) is 8.59. The van der Waals surface area contributed by atoms with Gasteiger partial charge in [-0.25, -0.2) is 4.98 Å². The van der Waals surface area contributed by atoms with Gasteiger partial charge >= 0.3 is 5.69 Å². The van der Waals surface area contributed by atoms with E-state index >= 15 is 0 Å². The average molecular weight is 548 g/mol. The number of halogens is 2. The van der Waals surface area contributed by atoms with Gasteiger partial charge in [0, 0.05) is 27.0 Å². The van der Waals surface area contributed by atoms with Gasteiger partial charge < -0.3 is 4.74 Å². The summed E-state index contributed by atoms with van der Waals surface area (Å²) in [6.07, 6.45) is 6.21. The van der Waals surface area contributed by atoms with Crippen molar-refractivity contribution in [3.8, 4) is 5.75 Å². The molecule has 0 spiro atoms. The van der Waals surface area contributed by atoms with Crippen LogP contribution in [-0.4, -0.2) is 26.9 Å². The molecule has 10 heteroatoms. The maximum atomic E-state index is 13.5. The molecule has 2 aromatic carbocycles. The smallest absolute Gasteiger partial charge is 0.313 e. The van der Waals surface area contributed by atoms with Crippen molar-refractivity contribution in [1.29, 1.82) is 0 Å². The van der Waals surface area contributed by atoms with Crippen LogP contribution >= 0.6 is 27.5 Å². The Bertz CT molecular complexity index is 1330. The minimum absolute atomic E-state index is 0.0527. The van der Waals surface area contributed by atoms with Gasteiger partial charge in [-0.05, 0) is 51.0 Å². The van der Waals surface area contributed by atoms with Gasteiger partial charge in [0.25, 0.3) is 5.56 Å². The quantitative estimate of drug-likeness (QED) is 0.201. The Labute approximate surface area is 209 Å². The van der Waals surface area contributed by atoms with Gasteiger partial charge in [-0.2, -0.15) is 9.78 Å². The zero-order chi connectivity index (χ0) is 24.4. The zero-order valence-corrected chi connectivity index (χ0v) is 21.2. The molecule has 8 nitrogen and oxygen atoms in total. The fourth-order valence-corrected chi connectivity index (χ4v) is 4.80. The predicted octanol–water partition coefficient (Wildman–Crippen LogP) is 6.44. The molecule has 34 heavy (non-hydrogen) atoms. The number of nitro benzene ring substituents is 1. The summed E-state index contributed by atoms with van der Waals surface area (Å²) < 4.78 is 7.82. The van der Waals surface area contributed by atoms with E-state index in [0.717, 1.165) is 36.6 Å². The Morgan fingerprint density at radius 2 is 2.00 bits per heavy atom. The summed E-state index contributed by atoms with van der Waals surface area (Å²) in [5, 5.41) is 16.7. The fourth-order valence-electron chi connectivity index (χ4n) is 4.22. The standard InChI is InChI=1S/C24H24BrClN4O4/c1-14(2)34-22-16(10-18(26)12-21(22)30(32)33)13-27-29-23(15-6-4-3-5-7-15)28-20-9-8-17(25)11-19(20)24(29)31/h8-15H,3-7H2,1-2H3. The zero-order valence-electron chi connectivity index (χ0n) is 18.8. The van der Waals surface area contributed by atoms with Gasteiger partial charge in [-0.15, -0.1) is 0 Å². The Balaban J connectivity index is 1.90. The molecule has 0 saturated heterocycles. The molecule has 0 aliphatic heterocycles. The van der Waals surface area contributed by atoms with Crippen LogP contribution in [0.5, 0.6) is 5.75 Å². The number of hydrogen-bond donors (Lipinski definition) is 0. The Hall–Kier alpha value is -2.78. The van der Waals surface area contributed by atoms with E-state index < -0.39 is 4.92 Å². The molecule has 0 amide bonds. The second-order valence-corrected chi connectivity index (χ2v) is 9.95. The number of hydrogen-bond acceptors (Lipinski definition) is 6. The molecule has 1 aliphatic rings. The van der Waals surface area contributed by atoms with Crippen LogP contribution in [-0.2, 0) is 0 Å². The maximum absolute atomic E-state index is 13.5. The van der Waals surface area contributed by atoms with Crippen LogP contribution in [0, 0.1) is 10.1 Å². The molecule has 3 aromatic rings. The monoisotopic (exact) mass is 546 g/mol. The highest BCUT2D eigenvalue weighted by Gasteiger charge is 2.24. The largest absolute Gasteiger partial charge is 0.484 e. The summed E-state index contributed by atoms with van der Waals surface area (Å²) in [4.78, 5) is 29.4. The lowest BCUT2D eigenvalue weighted by Crippen LogP contribution is -2.25. The highest BCUT2D eigenvalue weighted by Crippen LogP contribution is 2.35. The summed E-state index contributed by atoms with van der Waals surface area (Å²) in [7, 11) is 0. The first-order chi connectivity index (χ1) is 16.2. The molecule has 4 rings (SSSR count). The third kappa shape index (κ3) is 5.15. The van der Waals surface area contributed by atoms with Gasteiger partial charge in [-0.3, -0.25) is 14.9 Å². The van der Waals surface area contributed by atoms with Crippen molar-refractivity contribution in [3.05, 3.63) is 71.7 Å². The maximum Gasteiger partial charge on any atom is 0.313 e. The van der Waals surface area contributed by atoms with Crippen molar-refractivity contribution in [2.24, 2.45) is 5.10 Å². The van der Waals surface area contributed by atoms with Crippen LogP contribution in [0.4, 0.5) is 5.69 Å². The molecule has 178 valence electrons. The van der Waals surface area contributed by atoms with Crippen LogP contribution in [0.3, 0.4) is 0 Å². The molecule has 0 unspecified atom stereocenters. The molecule has 1 aliphatic carbocycles. The number of rotatable bonds is 6. The van der Waals surface area contributed by atoms with Crippen LogP contribution in [0.25, 0.3) is 10.9 Å². The van der Waals surface area contributed by atoms with Gasteiger partial charge in [-0.1, -0.05) is 46.8 Å². The van der Waals surface area contributed by atoms with Crippen LogP contribution in [0.2, 0.25) is 5.02 Å². The van der Waals surface area contributed by atoms with Crippen molar-refractivity contribution >= 4 is 50.3 Å². The third-order valence-electron chi connectivity index (χ3n) is 5.73. The number of aromatic nitrogens is 2. The lowest BCUT2D eigenvalue weighted by Gasteiger charge is -2.22. The van der Waals surface area contributed by atoms with Crippen LogP contribution in [0.15, 0.2) is 44.7 Å². The molecule has 1 saturated carbocycles. The molecular weight excluding hydrogens is 524 g/mol. The highest BCUT2D eigenvalue weighted by molar-refractivity contribution is 9.10. The topological polar surface area (TPSA) is 99.6 Å². The number of nitrogens with zero attached hydrogens (tertiary/aromatic N) is 4. The van der Waals surface area contributed by atoms with E-state index in [-0.39, 0.29) is 34.0 Å². The van der Waals surface area contributed by atoms with E-state index in [2.05, 4.69) is 21.0 Å². The first-order valence-electron chi connectivity index (χ1n) is 11.2. The third-order valence-corrected chi connectivity index (χ3v) is 6.44. The van der Waals surface area contributed by atoms with Gasteiger partial charge in [0.1, 0.15) is 5.82 Å². The fraction of sp³-hybridized carbons (Fsp3) is 0.375. The van der Waals surface area contributed by atoms with Gasteiger partial charge in [0.15, 0.2) is 0 Å². The second kappa shape index (κ2) is 10.2. The lowest BCUT2D eigenvalue weighted by molar-refractivity contribution is -0.386. The summed E-state index contributed by atoms with van der Waals surface area (Å²) in [6.45, 7) is 3.55. The summed E-state index contributed by atoms with van der Waals surface area (Å²) >= 11 is 9.57. The Morgan fingerprint density at radius 1 is 1.26 bits per heavy atom. The molecule has 0 radical (unpaired) electrons. The molecule has 0 atom stereocenters. The molecule has 0 bridgehead atoms. The van der Waals surface area contributed by atoms with Crippen LogP contribution < -0.4 is 10.3 Å². The molecule has 1 heterocycles. The molecular formula is C24H24BrClN4O4. The van der Waals surface area contributed by atoms with E-state index in [4.69, 9.17) is 21.3 Å². The van der Waals surface area contributed by atoms with Gasteiger partial charge in [0.2, 0.25) is 5.75 Å². The van der Waals surface area contributed by atoms with Crippen molar-refractivity contribution in [2.75, 3.05) is 0 Å². The Morgan fingerprint density at radius 3 is 2.68 bits per heavy atom. The molecule has 1 fully saturated rings. The average Bonchev–Trinajstić information content (AvgIpc) is 2.80. The first-order valence-corrected chi connectivity index (χ1v) is 12.3. The van der Waals surface area contributed by atoms with E-state index in [0.29, 0.717) is 22.3 Å². The van der Waals surface area contributed by atoms with Crippen molar-refractivity contribution < 1.29 is 9.66 Å². The van der Waals surface area contributed by atoms with E-state index in [1.807, 2.05) is 12.1 Å². The lowest BCUT2D eigenvalue weighted by atomic mass is 9.88. The van der Waals surface area contributed by atoms with Crippen molar-refractivity contribution in [2.45, 2.75) is 58.0 Å². The van der Waals surface area contributed by atoms with Crippen LogP contribution in [0.1, 0.15) is 63.3 Å². The van der Waals surface area contributed by atoms with E-state index in [1.54, 1.807) is 19.9 Å². The van der Waals surface area contributed by atoms with Crippen molar-refractivity contribution in [1.82, 2.24) is 9.66 Å². The van der Waals surface area contributed by atoms with E-state index in [1.165, 1.54) is 23.0 Å². The predicted molar refractivity (Wildman–Crippen MR) is 136 cm³/mol. The minimum atomic E-state index is -0.546. The normalized spacial score (nSPS) is 14.9. The first kappa shape index (κ1) is 24.3. The number of ether oxygens (including phenoxy) is 1. The number of benzene rings is 2. The Kier molecular flexibility index (Phi) is 7.33. The molecule has 0 N–H and O–H groups in total. The summed E-state index contributed by atoms with van der Waals surface area (Å²) in [5.74, 6) is 0.752. The SMILES string of the molecule is CC(C)Oc1c(C=Nn2c(C3CCCCC3)nc3ccc(Br)cc3c2=O)cc(Cl)cc1[N+](=O)[O-]. The van der Waals surface area contributed by atoms with E-state index in [9.17, 15) is 14.9 Å². The minimum Gasteiger partial charge on any atom is -0.484 e. The summed E-state index contributed by atoms with van der Waals surface area (Å²) in [5.41, 5.74) is 0.361. The number of nitro groups is 1. The highest BCUT2D eigenvalue weighted by atomic mass is 79.9.